The smallest absolute Gasteiger partial charge is 0.225 e. The molecule has 1 aromatic carbocycles. The molecule has 0 saturated heterocycles. The van der Waals surface area contributed by atoms with Gasteiger partial charge in [-0.3, -0.25) is 0 Å². The van der Waals surface area contributed by atoms with E-state index >= 15 is 0 Å². The first-order valence-electron chi connectivity index (χ1n) is 9.62. The number of aryl methyl sites for hydroxylation is 2. The first-order chi connectivity index (χ1) is 16.5. The molecular weight excluding hydrogens is 635 g/mol. The van der Waals surface area contributed by atoms with E-state index in [4.69, 9.17) is 81.2 Å². The van der Waals surface area contributed by atoms with Gasteiger partial charge in [-0.1, -0.05) is 64.1 Å². The van der Waals surface area contributed by atoms with Crippen molar-refractivity contribution in [1.29, 1.82) is 0 Å². The zero-order chi connectivity index (χ0) is 25.4. The second kappa shape index (κ2) is 11.3. The number of hydrogen-bond acceptors (Lipinski definition) is 7. The Balaban J connectivity index is 0.000000189. The van der Waals surface area contributed by atoms with Crippen LogP contribution in [0.15, 0.2) is 18.2 Å². The van der Waals surface area contributed by atoms with E-state index in [9.17, 15) is 0 Å². The molecule has 35 heavy (non-hydrogen) atoms. The molecule has 4 heterocycles. The summed E-state index contributed by atoms with van der Waals surface area (Å²) in [6.45, 7) is 4.36. The molecular formula is C21H12Cl7N5S2. The van der Waals surface area contributed by atoms with Crippen LogP contribution in [-0.4, -0.2) is 19.9 Å². The third kappa shape index (κ3) is 6.00. The van der Waals surface area contributed by atoms with E-state index in [2.05, 4.69) is 25.3 Å². The highest BCUT2D eigenvalue weighted by molar-refractivity contribution is 7.19. The molecule has 0 aliphatic heterocycles. The number of anilines is 1. The average Bonchev–Trinajstić information content (AvgIpc) is 3.23. The van der Waals surface area contributed by atoms with Gasteiger partial charge in [-0.25, -0.2) is 19.9 Å². The van der Waals surface area contributed by atoms with Gasteiger partial charge in [-0.2, -0.15) is 0 Å². The van der Waals surface area contributed by atoms with Gasteiger partial charge in [-0.15, -0.1) is 22.7 Å². The molecule has 5 nitrogen and oxygen atoms in total. The fourth-order valence-corrected chi connectivity index (χ4v) is 6.73. The molecule has 5 aromatic rings. The third-order valence-electron chi connectivity index (χ3n) is 4.65. The second-order valence-electron chi connectivity index (χ2n) is 7.03. The average molecular weight is 647 g/mol. The lowest BCUT2D eigenvalue weighted by Crippen LogP contribution is -2.02. The van der Waals surface area contributed by atoms with Crippen LogP contribution in [0.1, 0.15) is 15.3 Å². The minimum atomic E-state index is 0.149. The number of thiophene rings is 2. The minimum absolute atomic E-state index is 0.149. The summed E-state index contributed by atoms with van der Waals surface area (Å²) in [5.74, 6) is 0.607. The van der Waals surface area contributed by atoms with E-state index in [0.29, 0.717) is 43.0 Å². The Morgan fingerprint density at radius 2 is 1.29 bits per heavy atom. The number of nitrogens with zero attached hydrogens (tertiary/aromatic N) is 4. The number of fused-ring (bicyclic) bond motifs is 2. The largest absolute Gasteiger partial charge is 0.365 e. The number of benzene rings is 1. The van der Waals surface area contributed by atoms with E-state index in [-0.39, 0.29) is 10.6 Å². The van der Waals surface area contributed by atoms with Crippen LogP contribution in [0.5, 0.6) is 0 Å². The van der Waals surface area contributed by atoms with Crippen molar-refractivity contribution < 1.29 is 0 Å². The highest BCUT2D eigenvalue weighted by Crippen LogP contribution is 2.39. The van der Waals surface area contributed by atoms with Crippen molar-refractivity contribution in [2.75, 3.05) is 5.32 Å². The van der Waals surface area contributed by atoms with Crippen molar-refractivity contribution in [3.63, 3.8) is 0 Å². The maximum Gasteiger partial charge on any atom is 0.225 e. The maximum atomic E-state index is 6.34. The molecule has 182 valence electrons. The predicted molar refractivity (Wildman–Crippen MR) is 153 cm³/mol. The Bertz CT molecular complexity index is 1570. The van der Waals surface area contributed by atoms with Gasteiger partial charge >= 0.3 is 0 Å². The third-order valence-corrected chi connectivity index (χ3v) is 9.17. The summed E-state index contributed by atoms with van der Waals surface area (Å²) in [6.07, 6.45) is 0. The van der Waals surface area contributed by atoms with E-state index in [0.717, 1.165) is 30.4 Å². The number of nitrogens with one attached hydrogen (secondary N) is 1. The van der Waals surface area contributed by atoms with Gasteiger partial charge < -0.3 is 5.32 Å². The monoisotopic (exact) mass is 643 g/mol. The summed E-state index contributed by atoms with van der Waals surface area (Å²) < 4.78 is 0. The molecule has 0 radical (unpaired) electrons. The molecule has 0 bridgehead atoms. The lowest BCUT2D eigenvalue weighted by molar-refractivity contribution is 1.11. The van der Waals surface area contributed by atoms with Crippen LogP contribution in [0.3, 0.4) is 0 Å². The summed E-state index contributed by atoms with van der Waals surface area (Å²) >= 11 is 44.7. The molecule has 0 aliphatic rings. The fraction of sp³-hybridized carbons (Fsp3) is 0.143. The van der Waals surface area contributed by atoms with E-state index in [1.807, 2.05) is 19.9 Å². The summed E-state index contributed by atoms with van der Waals surface area (Å²) in [7, 11) is 0. The van der Waals surface area contributed by atoms with Gasteiger partial charge in [0.1, 0.15) is 20.6 Å². The molecule has 0 aliphatic carbocycles. The molecule has 1 N–H and O–H groups in total. The van der Waals surface area contributed by atoms with Gasteiger partial charge in [-0.05, 0) is 54.7 Å². The quantitative estimate of drug-likeness (QED) is 0.156. The van der Waals surface area contributed by atoms with E-state index < -0.39 is 0 Å². The van der Waals surface area contributed by atoms with Crippen LogP contribution < -0.4 is 5.32 Å². The van der Waals surface area contributed by atoms with Crippen molar-refractivity contribution in [3.8, 4) is 0 Å². The van der Waals surface area contributed by atoms with Crippen molar-refractivity contribution in [1.82, 2.24) is 19.9 Å². The summed E-state index contributed by atoms with van der Waals surface area (Å²) in [6, 6.07) is 5.45. The molecule has 4 aromatic heterocycles. The molecule has 0 atom stereocenters. The van der Waals surface area contributed by atoms with Crippen LogP contribution in [0.4, 0.5) is 5.82 Å². The van der Waals surface area contributed by atoms with Crippen LogP contribution in [0.25, 0.3) is 20.4 Å². The maximum absolute atomic E-state index is 6.34. The van der Waals surface area contributed by atoms with Crippen LogP contribution in [-0.2, 0) is 6.54 Å². The highest BCUT2D eigenvalue weighted by atomic mass is 35.5. The number of halogens is 7. The molecule has 0 amide bonds. The Morgan fingerprint density at radius 3 is 1.91 bits per heavy atom. The SMILES string of the molecule is Cc1sc2nc(Cl)nc(Cl)c2c1Cl.Cc1sc2nc(Cl)nc(NCc3ccc(Cl)c(Cl)c3)c2c1Cl. The van der Waals surface area contributed by atoms with Crippen LogP contribution in [0.2, 0.25) is 35.8 Å². The van der Waals surface area contributed by atoms with E-state index in [1.54, 1.807) is 12.1 Å². The predicted octanol–water partition coefficient (Wildman–Crippen LogP) is 10.2. The van der Waals surface area contributed by atoms with Gasteiger partial charge in [0.05, 0.1) is 30.9 Å². The number of hydrogen-bond donors (Lipinski definition) is 1. The number of rotatable bonds is 3. The Morgan fingerprint density at radius 1 is 0.714 bits per heavy atom. The Kier molecular flexibility index (Phi) is 8.74. The Labute approximate surface area is 243 Å². The van der Waals surface area contributed by atoms with Crippen LogP contribution in [0, 0.1) is 13.8 Å². The summed E-state index contributed by atoms with van der Waals surface area (Å²) in [5, 5.41) is 7.64. The second-order valence-corrected chi connectivity index (χ2v) is 12.0. The first kappa shape index (κ1) is 27.2. The summed E-state index contributed by atoms with van der Waals surface area (Å²) in [5.41, 5.74) is 0.973. The van der Waals surface area contributed by atoms with E-state index in [1.165, 1.54) is 22.7 Å². The van der Waals surface area contributed by atoms with Crippen molar-refractivity contribution >= 4 is 130 Å². The lowest BCUT2D eigenvalue weighted by atomic mass is 10.2. The number of aromatic nitrogens is 4. The minimum Gasteiger partial charge on any atom is -0.365 e. The van der Waals surface area contributed by atoms with Gasteiger partial charge in [0.2, 0.25) is 10.6 Å². The normalized spacial score (nSPS) is 11.1. The van der Waals surface area contributed by atoms with Gasteiger partial charge in [0.15, 0.2) is 0 Å². The standard InChI is InChI=1S/C14H9Cl4N3S.C7H3Cl3N2S/c1-6-11(17)10-12(20-14(18)21-13(10)22-6)19-5-7-2-3-8(15)9(16)4-7;1-2-4(8)3-5(9)11-7(10)12-6(3)13-2/h2-4H,5H2,1H3,(H,19,20,21);1H3. The van der Waals surface area contributed by atoms with Gasteiger partial charge in [0, 0.05) is 16.3 Å². The van der Waals surface area contributed by atoms with Gasteiger partial charge in [0.25, 0.3) is 0 Å². The zero-order valence-corrected chi connectivity index (χ0v) is 24.6. The molecule has 14 heteroatoms. The van der Waals surface area contributed by atoms with Crippen LogP contribution >= 0.6 is 104 Å². The molecule has 0 unspecified atom stereocenters. The zero-order valence-electron chi connectivity index (χ0n) is 17.7. The van der Waals surface area contributed by atoms with Crippen molar-refractivity contribution in [3.05, 3.63) is 69.3 Å². The lowest BCUT2D eigenvalue weighted by Gasteiger charge is -2.08. The molecule has 5 rings (SSSR count). The Hall–Kier alpha value is -0.870. The molecule has 0 spiro atoms. The fourth-order valence-electron chi connectivity index (χ4n) is 3.03. The summed E-state index contributed by atoms with van der Waals surface area (Å²) in [4.78, 5) is 19.7. The molecule has 0 saturated carbocycles. The van der Waals surface area contributed by atoms with Crippen molar-refractivity contribution in [2.24, 2.45) is 0 Å². The first-order valence-corrected chi connectivity index (χ1v) is 13.9. The topological polar surface area (TPSA) is 63.6 Å². The highest BCUT2D eigenvalue weighted by Gasteiger charge is 2.16. The molecule has 0 fully saturated rings. The van der Waals surface area contributed by atoms with Crippen molar-refractivity contribution in [2.45, 2.75) is 20.4 Å².